The van der Waals surface area contributed by atoms with Crippen LogP contribution in [0, 0.1) is 0 Å². The number of guanidine groups is 1. The summed E-state index contributed by atoms with van der Waals surface area (Å²) in [6.45, 7) is 1.76. The minimum absolute atomic E-state index is 0.0397. The fourth-order valence-corrected chi connectivity index (χ4v) is 2.71. The summed E-state index contributed by atoms with van der Waals surface area (Å²) in [4.78, 5) is 42.5. The van der Waals surface area contributed by atoms with Crippen molar-refractivity contribution in [2.24, 2.45) is 10.7 Å². The van der Waals surface area contributed by atoms with E-state index in [1.165, 1.54) is 24.4 Å². The number of nitrogens with two attached hydrogens (primary N) is 2. The minimum Gasteiger partial charge on any atom is -0.480 e. The SMILES string of the molecule is COc1cnc(C(=O)Nc2ccnc(C3(C)CC(=O)N(C)C(N)=N3)c2)c(N)n1. The third-order valence-electron chi connectivity index (χ3n) is 4.35. The zero-order chi connectivity index (χ0) is 20.5. The van der Waals surface area contributed by atoms with Crippen LogP contribution in [0.15, 0.2) is 29.5 Å². The number of nitrogen functional groups attached to an aromatic ring is 1. The molecule has 0 aliphatic carbocycles. The van der Waals surface area contributed by atoms with Crippen molar-refractivity contribution in [1.82, 2.24) is 19.9 Å². The summed E-state index contributed by atoms with van der Waals surface area (Å²) < 4.78 is 4.92. The molecule has 0 spiro atoms. The van der Waals surface area contributed by atoms with Gasteiger partial charge in [0, 0.05) is 18.9 Å². The van der Waals surface area contributed by atoms with Crippen LogP contribution in [0.25, 0.3) is 0 Å². The van der Waals surface area contributed by atoms with Gasteiger partial charge in [-0.05, 0) is 19.1 Å². The van der Waals surface area contributed by atoms with Gasteiger partial charge in [-0.2, -0.15) is 4.98 Å². The van der Waals surface area contributed by atoms with Crippen molar-refractivity contribution in [1.29, 1.82) is 0 Å². The van der Waals surface area contributed by atoms with E-state index in [0.29, 0.717) is 11.4 Å². The van der Waals surface area contributed by atoms with Gasteiger partial charge in [0.25, 0.3) is 5.91 Å². The molecule has 1 aliphatic rings. The molecule has 3 rings (SSSR count). The van der Waals surface area contributed by atoms with Crippen LogP contribution in [0.5, 0.6) is 5.88 Å². The van der Waals surface area contributed by atoms with E-state index >= 15 is 0 Å². The number of methoxy groups -OCH3 is 1. The molecule has 0 aromatic carbocycles. The maximum Gasteiger partial charge on any atom is 0.278 e. The number of amides is 2. The van der Waals surface area contributed by atoms with E-state index in [4.69, 9.17) is 16.2 Å². The third-order valence-corrected chi connectivity index (χ3v) is 4.35. The van der Waals surface area contributed by atoms with E-state index in [1.807, 2.05) is 0 Å². The number of nitrogens with zero attached hydrogens (tertiary/aromatic N) is 5. The maximum atomic E-state index is 12.5. The van der Waals surface area contributed by atoms with Gasteiger partial charge in [0.05, 0.1) is 25.4 Å². The zero-order valence-electron chi connectivity index (χ0n) is 15.6. The predicted octanol–water partition coefficient (Wildman–Crippen LogP) is 0.107. The summed E-state index contributed by atoms with van der Waals surface area (Å²) in [5, 5.41) is 2.69. The van der Waals surface area contributed by atoms with Crippen molar-refractivity contribution in [2.75, 3.05) is 25.2 Å². The fraction of sp³-hybridized carbons (Fsp3) is 0.294. The van der Waals surface area contributed by atoms with E-state index in [2.05, 4.69) is 25.3 Å². The lowest BCUT2D eigenvalue weighted by Gasteiger charge is -2.32. The van der Waals surface area contributed by atoms with Crippen LogP contribution in [0.2, 0.25) is 0 Å². The van der Waals surface area contributed by atoms with Gasteiger partial charge in [-0.25, -0.2) is 9.98 Å². The van der Waals surface area contributed by atoms with Gasteiger partial charge >= 0.3 is 0 Å². The summed E-state index contributed by atoms with van der Waals surface area (Å²) in [5.74, 6) is -0.465. The number of hydrogen-bond donors (Lipinski definition) is 3. The Kier molecular flexibility index (Phi) is 4.82. The molecule has 11 heteroatoms. The Labute approximate surface area is 160 Å². The van der Waals surface area contributed by atoms with Crippen molar-refractivity contribution < 1.29 is 14.3 Å². The molecule has 0 saturated heterocycles. The van der Waals surface area contributed by atoms with Crippen LogP contribution in [0.3, 0.4) is 0 Å². The monoisotopic (exact) mass is 384 g/mol. The first kappa shape index (κ1) is 19.0. The number of carbonyl (C=O) groups is 2. The number of aliphatic imine (C=N–C) groups is 1. The van der Waals surface area contributed by atoms with Crippen molar-refractivity contribution in [3.8, 4) is 5.88 Å². The van der Waals surface area contributed by atoms with Crippen LogP contribution < -0.4 is 21.5 Å². The molecular formula is C17H20N8O3. The Hall–Kier alpha value is -3.76. The highest BCUT2D eigenvalue weighted by molar-refractivity contribution is 6.05. The van der Waals surface area contributed by atoms with Crippen molar-refractivity contribution in [3.63, 3.8) is 0 Å². The Bertz CT molecular complexity index is 977. The zero-order valence-corrected chi connectivity index (χ0v) is 15.6. The molecule has 1 aliphatic heterocycles. The molecule has 2 aromatic heterocycles. The number of carbonyl (C=O) groups excluding carboxylic acids is 2. The lowest BCUT2D eigenvalue weighted by molar-refractivity contribution is -0.128. The molecule has 1 unspecified atom stereocenters. The third kappa shape index (κ3) is 3.54. The van der Waals surface area contributed by atoms with Gasteiger partial charge in [0.1, 0.15) is 5.54 Å². The summed E-state index contributed by atoms with van der Waals surface area (Å²) in [7, 11) is 2.98. The van der Waals surface area contributed by atoms with Crippen LogP contribution in [0.4, 0.5) is 11.5 Å². The van der Waals surface area contributed by atoms with Crippen LogP contribution in [0.1, 0.15) is 29.5 Å². The minimum atomic E-state index is -0.937. The maximum absolute atomic E-state index is 12.5. The molecule has 0 radical (unpaired) electrons. The summed E-state index contributed by atoms with van der Waals surface area (Å²) in [6.07, 6.45) is 2.91. The Balaban J connectivity index is 1.86. The second-order valence-corrected chi connectivity index (χ2v) is 6.40. The van der Waals surface area contributed by atoms with Crippen molar-refractivity contribution in [2.45, 2.75) is 18.9 Å². The van der Waals surface area contributed by atoms with Gasteiger partial charge in [0.15, 0.2) is 17.5 Å². The summed E-state index contributed by atoms with van der Waals surface area (Å²) in [6, 6.07) is 3.22. The second kappa shape index (κ2) is 7.10. The summed E-state index contributed by atoms with van der Waals surface area (Å²) in [5.41, 5.74) is 11.5. The first-order chi connectivity index (χ1) is 13.2. The standard InChI is InChI=1S/C17H20N8O3/c1-17(7-12(26)25(2)16(19)24-17)10-6-9(4-5-20-10)22-15(27)13-14(18)23-11(28-3)8-21-13/h4-6,8H,7H2,1-3H3,(H2,18,23)(H2,19,24)(H,20,22,27). The number of rotatable bonds is 4. The van der Waals surface area contributed by atoms with Crippen LogP contribution in [-0.2, 0) is 10.3 Å². The van der Waals surface area contributed by atoms with Gasteiger partial charge in [-0.3, -0.25) is 19.5 Å². The lowest BCUT2D eigenvalue weighted by atomic mass is 9.91. The first-order valence-electron chi connectivity index (χ1n) is 8.30. The smallest absolute Gasteiger partial charge is 0.278 e. The predicted molar refractivity (Wildman–Crippen MR) is 102 cm³/mol. The molecule has 11 nitrogen and oxygen atoms in total. The van der Waals surface area contributed by atoms with Crippen LogP contribution >= 0.6 is 0 Å². The largest absolute Gasteiger partial charge is 0.480 e. The molecule has 3 heterocycles. The van der Waals surface area contributed by atoms with Crippen molar-refractivity contribution in [3.05, 3.63) is 35.9 Å². The van der Waals surface area contributed by atoms with Crippen LogP contribution in [-0.4, -0.2) is 51.8 Å². The first-order valence-corrected chi connectivity index (χ1v) is 8.30. The highest BCUT2D eigenvalue weighted by Gasteiger charge is 2.37. The molecule has 5 N–H and O–H groups in total. The fourth-order valence-electron chi connectivity index (χ4n) is 2.71. The molecule has 1 atom stereocenters. The topological polar surface area (TPSA) is 162 Å². The summed E-state index contributed by atoms with van der Waals surface area (Å²) >= 11 is 0. The Morgan fingerprint density at radius 3 is 2.75 bits per heavy atom. The lowest BCUT2D eigenvalue weighted by Crippen LogP contribution is -2.47. The average Bonchev–Trinajstić information content (AvgIpc) is 2.66. The Morgan fingerprint density at radius 1 is 1.36 bits per heavy atom. The van der Waals surface area contributed by atoms with Gasteiger partial charge in [-0.15, -0.1) is 0 Å². The highest BCUT2D eigenvalue weighted by atomic mass is 16.5. The van der Waals surface area contributed by atoms with Crippen molar-refractivity contribution >= 4 is 29.3 Å². The molecule has 146 valence electrons. The number of ether oxygens (including phenoxy) is 1. The van der Waals surface area contributed by atoms with E-state index in [-0.39, 0.29) is 35.7 Å². The van der Waals surface area contributed by atoms with E-state index < -0.39 is 11.4 Å². The number of aromatic nitrogens is 3. The second-order valence-electron chi connectivity index (χ2n) is 6.40. The number of anilines is 2. The Morgan fingerprint density at radius 2 is 2.11 bits per heavy atom. The van der Waals surface area contributed by atoms with E-state index in [9.17, 15) is 9.59 Å². The van der Waals surface area contributed by atoms with Gasteiger partial charge < -0.3 is 21.5 Å². The number of nitrogens with one attached hydrogen (secondary N) is 1. The highest BCUT2D eigenvalue weighted by Crippen LogP contribution is 2.32. The van der Waals surface area contributed by atoms with E-state index in [0.717, 1.165) is 0 Å². The average molecular weight is 384 g/mol. The molecule has 2 aromatic rings. The molecule has 28 heavy (non-hydrogen) atoms. The normalized spacial score (nSPS) is 19.2. The number of pyridine rings is 1. The molecule has 0 saturated carbocycles. The molecule has 2 amide bonds. The molecule has 0 fully saturated rings. The molecule has 0 bridgehead atoms. The van der Waals surface area contributed by atoms with E-state index in [1.54, 1.807) is 26.1 Å². The quantitative estimate of drug-likeness (QED) is 0.669. The van der Waals surface area contributed by atoms with Gasteiger partial charge in [0.2, 0.25) is 11.8 Å². The van der Waals surface area contributed by atoms with Gasteiger partial charge in [-0.1, -0.05) is 0 Å². The molecular weight excluding hydrogens is 364 g/mol. The number of hydrogen-bond acceptors (Lipinski definition) is 9.